The molecular formula is C33H34F2N12O11P2S2. The molecule has 62 heavy (non-hydrogen) atoms. The number of ether oxygens (including phenoxy) is 2. The van der Waals surface area contributed by atoms with Crippen LogP contribution in [0.25, 0.3) is 22.3 Å². The fourth-order valence-electron chi connectivity index (χ4n) is 6.51. The summed E-state index contributed by atoms with van der Waals surface area (Å²) in [7, 11) is 0. The summed E-state index contributed by atoms with van der Waals surface area (Å²) in [5.41, 5.74) is -0.876. The zero-order valence-corrected chi connectivity index (χ0v) is 35.5. The number of imidazole rings is 1. The molecule has 29 heteroatoms. The van der Waals surface area contributed by atoms with Crippen LogP contribution in [-0.2, 0) is 60.5 Å². The van der Waals surface area contributed by atoms with Gasteiger partial charge in [-0.1, -0.05) is 37.3 Å². The van der Waals surface area contributed by atoms with Crippen LogP contribution in [0.15, 0.2) is 47.8 Å². The molecule has 0 saturated carbocycles. The van der Waals surface area contributed by atoms with Gasteiger partial charge >= 0.3 is 13.4 Å². The summed E-state index contributed by atoms with van der Waals surface area (Å²) in [6.07, 6.45) is -12.1. The number of nitriles is 1. The summed E-state index contributed by atoms with van der Waals surface area (Å²) < 4.78 is 76.7. The van der Waals surface area contributed by atoms with Crippen LogP contribution >= 0.6 is 13.4 Å². The topological polar surface area (TPSA) is 287 Å². The first-order valence-corrected chi connectivity index (χ1v) is 23.7. The van der Waals surface area contributed by atoms with E-state index in [-0.39, 0.29) is 47.1 Å². The molecule has 3 aliphatic heterocycles. The average molecular weight is 939 g/mol. The maximum absolute atomic E-state index is 16.7. The zero-order chi connectivity index (χ0) is 43.9. The molecule has 23 nitrogen and oxygen atoms in total. The van der Waals surface area contributed by atoms with Crippen LogP contribution in [-0.4, -0.2) is 118 Å². The maximum atomic E-state index is 16.7. The van der Waals surface area contributed by atoms with E-state index in [1.54, 1.807) is 44.2 Å². The monoisotopic (exact) mass is 938 g/mol. The Morgan fingerprint density at radius 3 is 2.53 bits per heavy atom. The molecule has 0 aliphatic carbocycles. The van der Waals surface area contributed by atoms with E-state index in [9.17, 15) is 24.5 Å². The molecule has 0 spiro atoms. The Morgan fingerprint density at radius 2 is 1.77 bits per heavy atom. The molecule has 1 aromatic carbocycles. The van der Waals surface area contributed by atoms with Crippen LogP contribution in [0.5, 0.6) is 0 Å². The van der Waals surface area contributed by atoms with Crippen molar-refractivity contribution < 1.29 is 55.4 Å². The van der Waals surface area contributed by atoms with Crippen LogP contribution in [0.2, 0.25) is 0 Å². The molecule has 7 heterocycles. The van der Waals surface area contributed by atoms with Gasteiger partial charge in [0.2, 0.25) is 11.9 Å². The number of nitrogens with one attached hydrogen (secondary N) is 3. The maximum Gasteiger partial charge on any atom is 0.327 e. The summed E-state index contributed by atoms with van der Waals surface area (Å²) in [6.45, 7) is -7.23. The van der Waals surface area contributed by atoms with Crippen LogP contribution < -0.4 is 16.2 Å². The predicted molar refractivity (Wildman–Crippen MR) is 215 cm³/mol. The minimum atomic E-state index is -4.48. The SMILES string of the molecule is CC(C)C(=O)Nc1nc2c(ncn2[C@@H]2O[C@@H]3COP(O)(=S)O[C@@H]4C(COP(=S)(OCCC#N)OC2[C@@H]3F)O[C@@H](n2nnc3c(NC(=O)c5ccccc5)ncnc32)[C@H]4F)c(=O)[nH]1. The lowest BCUT2D eigenvalue weighted by atomic mass is 10.1. The number of halogens is 2. The molecule has 10 atom stereocenters. The Morgan fingerprint density at radius 1 is 1.02 bits per heavy atom. The van der Waals surface area contributed by atoms with E-state index in [1.165, 1.54) is 0 Å². The number of benzene rings is 1. The van der Waals surface area contributed by atoms with Crippen LogP contribution in [0.4, 0.5) is 20.5 Å². The minimum Gasteiger partial charge on any atom is -0.346 e. The Labute approximate surface area is 357 Å². The molecule has 3 fully saturated rings. The largest absolute Gasteiger partial charge is 0.346 e. The van der Waals surface area contributed by atoms with E-state index in [0.29, 0.717) is 5.56 Å². The molecule has 3 saturated heterocycles. The summed E-state index contributed by atoms with van der Waals surface area (Å²) >= 11 is 11.0. The summed E-state index contributed by atoms with van der Waals surface area (Å²) in [5, 5.41) is 22.5. The normalized spacial score (nSPS) is 30.3. The smallest absolute Gasteiger partial charge is 0.327 e. The number of alkyl halides is 2. The molecule has 2 amide bonds. The molecule has 4 unspecified atom stereocenters. The van der Waals surface area contributed by atoms with E-state index in [4.69, 9.17) is 55.7 Å². The second kappa shape index (κ2) is 17.8. The molecular weight excluding hydrogens is 905 g/mol. The van der Waals surface area contributed by atoms with E-state index in [0.717, 1.165) is 21.9 Å². The number of aromatic nitrogens is 9. The number of carbonyl (C=O) groups is 2. The standard InChI is InChI=1S/C33H34F2N12O11P2S2/c1-15(2)28(48)42-33-41-27-22(30(50)43-33)39-14-46(27)32-24-19(34)17(55-32)11-53-59(51,61)57-23-18(12-54-60(62,58-24)52-10-6-9-36)56-31(20(23)35)47-26-21(44-45-47)25(37-13-38-26)40-29(49)16-7-4-3-5-8-16/h3-5,7-8,13-15,17-20,23-24,31-32H,6,10-12H2,1-2H3,(H,51,61)(H,37,38,40,49)(H2,41,42,43,48,50)/t17-,18?,19-,20+,23-,24?,31-,32-,59?,60?/m1/s1. The number of hydrogen-bond donors (Lipinski definition) is 4. The number of carbonyl (C=O) groups excluding carboxylic acids is 2. The molecule has 328 valence electrons. The lowest BCUT2D eigenvalue weighted by Gasteiger charge is -2.30. The summed E-state index contributed by atoms with van der Waals surface area (Å²) in [4.78, 5) is 68.7. The van der Waals surface area contributed by atoms with Crippen molar-refractivity contribution >= 4 is 83.0 Å². The van der Waals surface area contributed by atoms with Gasteiger partial charge in [-0.25, -0.2) is 23.7 Å². The van der Waals surface area contributed by atoms with Crippen LogP contribution in [0.1, 0.15) is 43.1 Å². The van der Waals surface area contributed by atoms with Gasteiger partial charge in [0, 0.05) is 11.5 Å². The fourth-order valence-corrected chi connectivity index (χ4v) is 10.0. The molecule has 2 bridgehead atoms. The fraction of sp³-hybridized carbons (Fsp3) is 0.455. The van der Waals surface area contributed by atoms with E-state index >= 15 is 8.78 Å². The number of hydrogen-bond acceptors (Lipinski definition) is 19. The van der Waals surface area contributed by atoms with Gasteiger partial charge in [-0.2, -0.15) is 14.9 Å². The molecule has 0 radical (unpaired) electrons. The van der Waals surface area contributed by atoms with Crippen LogP contribution in [0, 0.1) is 17.2 Å². The van der Waals surface area contributed by atoms with Crippen molar-refractivity contribution in [3.8, 4) is 6.07 Å². The third kappa shape index (κ3) is 8.91. The molecule has 8 rings (SSSR count). The third-order valence-electron chi connectivity index (χ3n) is 9.54. The molecule has 4 N–H and O–H groups in total. The lowest BCUT2D eigenvalue weighted by Crippen LogP contribution is -2.34. The van der Waals surface area contributed by atoms with Gasteiger partial charge in [0.25, 0.3) is 11.5 Å². The van der Waals surface area contributed by atoms with Crippen molar-refractivity contribution in [3.05, 3.63) is 58.9 Å². The second-order valence-corrected chi connectivity index (χ2v) is 19.8. The van der Waals surface area contributed by atoms with Crippen molar-refractivity contribution in [1.82, 2.24) is 44.5 Å². The highest BCUT2D eigenvalue weighted by Crippen LogP contribution is 2.57. The number of amides is 2. The Hall–Kier alpha value is -4.68. The number of aromatic amines is 1. The molecule has 5 aromatic rings. The number of rotatable bonds is 9. The lowest BCUT2D eigenvalue weighted by molar-refractivity contribution is -0.118. The number of nitrogens with zero attached hydrogens (tertiary/aromatic N) is 9. The predicted octanol–water partition coefficient (Wildman–Crippen LogP) is 2.86. The van der Waals surface area contributed by atoms with Crippen molar-refractivity contribution in [1.29, 1.82) is 5.26 Å². The Kier molecular flexibility index (Phi) is 12.6. The average Bonchev–Trinajstić information content (AvgIpc) is 4.01. The highest BCUT2D eigenvalue weighted by atomic mass is 32.5. The van der Waals surface area contributed by atoms with Crippen LogP contribution in [0.3, 0.4) is 0 Å². The van der Waals surface area contributed by atoms with Gasteiger partial charge in [-0.05, 0) is 35.7 Å². The van der Waals surface area contributed by atoms with Gasteiger partial charge in [0.15, 0.2) is 52.9 Å². The number of H-pyrrole nitrogens is 1. The first kappa shape index (κ1) is 43.9. The highest BCUT2D eigenvalue weighted by molar-refractivity contribution is 8.07. The molecule has 3 aliphatic rings. The Bertz CT molecular complexity index is 2710. The van der Waals surface area contributed by atoms with E-state index in [2.05, 4.69) is 45.9 Å². The quantitative estimate of drug-likeness (QED) is 0.122. The molecule has 4 aromatic heterocycles. The first-order chi connectivity index (χ1) is 29.6. The van der Waals surface area contributed by atoms with Gasteiger partial charge in [0.05, 0.1) is 38.6 Å². The van der Waals surface area contributed by atoms with Crippen molar-refractivity contribution in [2.75, 3.05) is 30.5 Å². The third-order valence-corrected chi connectivity index (χ3v) is 13.5. The van der Waals surface area contributed by atoms with E-state index in [1.807, 2.05) is 6.07 Å². The number of fused-ring (bicyclic) bond motifs is 5. The van der Waals surface area contributed by atoms with E-state index < -0.39 is 99.2 Å². The van der Waals surface area contributed by atoms with Gasteiger partial charge in [-0.15, -0.1) is 5.10 Å². The van der Waals surface area contributed by atoms with Crippen molar-refractivity contribution in [2.24, 2.45) is 5.92 Å². The second-order valence-electron chi connectivity index (χ2n) is 14.0. The van der Waals surface area contributed by atoms with Gasteiger partial charge in [0.1, 0.15) is 30.7 Å². The van der Waals surface area contributed by atoms with Gasteiger partial charge in [-0.3, -0.25) is 38.3 Å². The number of anilines is 2. The summed E-state index contributed by atoms with van der Waals surface area (Å²) in [5.74, 6) is -1.73. The van der Waals surface area contributed by atoms with Crippen molar-refractivity contribution in [2.45, 2.75) is 69.5 Å². The minimum absolute atomic E-state index is 0.0230. The Balaban J connectivity index is 1.10. The van der Waals surface area contributed by atoms with Gasteiger partial charge < -0.3 is 33.3 Å². The first-order valence-electron chi connectivity index (χ1n) is 18.5. The van der Waals surface area contributed by atoms with Crippen molar-refractivity contribution in [3.63, 3.8) is 0 Å². The highest BCUT2D eigenvalue weighted by Gasteiger charge is 2.54. The zero-order valence-electron chi connectivity index (χ0n) is 32.1. The summed E-state index contributed by atoms with van der Waals surface area (Å²) in [6, 6.07) is 10.2.